The number of hydrogen-bond acceptors (Lipinski definition) is 2. The van der Waals surface area contributed by atoms with Gasteiger partial charge in [-0.15, -0.1) is 0 Å². The molecule has 1 aromatic carbocycles. The Kier molecular flexibility index (Phi) is 7.88. The molecule has 0 saturated heterocycles. The van der Waals surface area contributed by atoms with Crippen molar-refractivity contribution in [2.24, 2.45) is 5.92 Å². The molecule has 118 valence electrons. The van der Waals surface area contributed by atoms with Crippen molar-refractivity contribution in [1.29, 1.82) is 0 Å². The highest BCUT2D eigenvalue weighted by Gasteiger charge is 2.05. The van der Waals surface area contributed by atoms with Crippen molar-refractivity contribution < 1.29 is 4.79 Å². The lowest BCUT2D eigenvalue weighted by Gasteiger charge is -2.10. The largest absolute Gasteiger partial charge is 0.383 e. The van der Waals surface area contributed by atoms with Gasteiger partial charge in [-0.05, 0) is 50.5 Å². The highest BCUT2D eigenvalue weighted by molar-refractivity contribution is 5.94. The number of benzene rings is 1. The van der Waals surface area contributed by atoms with E-state index >= 15 is 0 Å². The van der Waals surface area contributed by atoms with Gasteiger partial charge in [0.15, 0.2) is 0 Å². The summed E-state index contributed by atoms with van der Waals surface area (Å²) in [7, 11) is 0. The molecular weight excluding hydrogens is 260 g/mol. The summed E-state index contributed by atoms with van der Waals surface area (Å²) in [4.78, 5) is 12.0. The first-order valence-corrected chi connectivity index (χ1v) is 8.14. The molecule has 21 heavy (non-hydrogen) atoms. The highest BCUT2D eigenvalue weighted by Crippen LogP contribution is 2.11. The summed E-state index contributed by atoms with van der Waals surface area (Å²) < 4.78 is 0. The van der Waals surface area contributed by atoms with Crippen molar-refractivity contribution in [2.45, 2.75) is 59.4 Å². The Balaban J connectivity index is 2.25. The molecule has 0 saturated carbocycles. The van der Waals surface area contributed by atoms with Crippen LogP contribution in [-0.2, 0) is 0 Å². The van der Waals surface area contributed by atoms with E-state index < -0.39 is 0 Å². The number of amides is 1. The fourth-order valence-corrected chi connectivity index (χ4v) is 2.21. The van der Waals surface area contributed by atoms with Gasteiger partial charge >= 0.3 is 0 Å². The van der Waals surface area contributed by atoms with Gasteiger partial charge < -0.3 is 10.6 Å². The van der Waals surface area contributed by atoms with Crippen LogP contribution < -0.4 is 10.6 Å². The van der Waals surface area contributed by atoms with Crippen molar-refractivity contribution in [3.8, 4) is 0 Å². The standard InChI is InChI=1S/C18H30N2O/c1-14(2)8-6-5-7-13-19-18(21)16-9-11-17(12-10-16)20-15(3)4/h9-12,14-15,20H,5-8,13H2,1-4H3,(H,19,21). The molecule has 0 spiro atoms. The second-order valence-corrected chi connectivity index (χ2v) is 6.38. The van der Waals surface area contributed by atoms with Crippen LogP contribution in [0.2, 0.25) is 0 Å². The molecule has 1 rings (SSSR count). The summed E-state index contributed by atoms with van der Waals surface area (Å²) in [5.41, 5.74) is 1.78. The number of carbonyl (C=O) groups excluding carboxylic acids is 1. The van der Waals surface area contributed by atoms with Crippen LogP contribution >= 0.6 is 0 Å². The molecule has 1 aromatic rings. The van der Waals surface area contributed by atoms with Crippen LogP contribution in [0.3, 0.4) is 0 Å². The second-order valence-electron chi connectivity index (χ2n) is 6.38. The van der Waals surface area contributed by atoms with E-state index in [9.17, 15) is 4.79 Å². The number of nitrogens with one attached hydrogen (secondary N) is 2. The Morgan fingerprint density at radius 1 is 1.00 bits per heavy atom. The maximum Gasteiger partial charge on any atom is 0.251 e. The molecule has 0 radical (unpaired) electrons. The molecule has 0 aliphatic carbocycles. The number of rotatable bonds is 9. The van der Waals surface area contributed by atoms with Gasteiger partial charge in [0.25, 0.3) is 5.91 Å². The van der Waals surface area contributed by atoms with Crippen LogP contribution in [0.25, 0.3) is 0 Å². The molecule has 0 atom stereocenters. The summed E-state index contributed by atoms with van der Waals surface area (Å²) in [5, 5.41) is 6.30. The van der Waals surface area contributed by atoms with Crippen LogP contribution in [0, 0.1) is 5.92 Å². The number of unbranched alkanes of at least 4 members (excludes halogenated alkanes) is 2. The van der Waals surface area contributed by atoms with Gasteiger partial charge in [-0.3, -0.25) is 4.79 Å². The van der Waals surface area contributed by atoms with Gasteiger partial charge in [0.1, 0.15) is 0 Å². The van der Waals surface area contributed by atoms with Crippen LogP contribution in [-0.4, -0.2) is 18.5 Å². The SMILES string of the molecule is CC(C)CCCCCNC(=O)c1ccc(NC(C)C)cc1. The summed E-state index contributed by atoms with van der Waals surface area (Å²) in [5.74, 6) is 0.799. The minimum Gasteiger partial charge on any atom is -0.383 e. The van der Waals surface area contributed by atoms with E-state index in [4.69, 9.17) is 0 Å². The van der Waals surface area contributed by atoms with Crippen molar-refractivity contribution >= 4 is 11.6 Å². The third kappa shape index (κ3) is 7.74. The van der Waals surface area contributed by atoms with Gasteiger partial charge in [0.2, 0.25) is 0 Å². The van der Waals surface area contributed by atoms with Crippen molar-refractivity contribution in [3.05, 3.63) is 29.8 Å². The highest BCUT2D eigenvalue weighted by atomic mass is 16.1. The average Bonchev–Trinajstić information content (AvgIpc) is 2.42. The third-order valence-electron chi connectivity index (χ3n) is 3.35. The molecule has 0 aliphatic rings. The molecule has 2 N–H and O–H groups in total. The Morgan fingerprint density at radius 2 is 1.67 bits per heavy atom. The molecule has 3 nitrogen and oxygen atoms in total. The quantitative estimate of drug-likeness (QED) is 0.660. The summed E-state index contributed by atoms with van der Waals surface area (Å²) in [6.07, 6.45) is 4.78. The van der Waals surface area contributed by atoms with Gasteiger partial charge in [0.05, 0.1) is 0 Å². The van der Waals surface area contributed by atoms with Crippen LogP contribution in [0.5, 0.6) is 0 Å². The van der Waals surface area contributed by atoms with Crippen LogP contribution in [0.1, 0.15) is 63.7 Å². The third-order valence-corrected chi connectivity index (χ3v) is 3.35. The molecule has 0 bridgehead atoms. The van der Waals surface area contributed by atoms with E-state index in [1.165, 1.54) is 19.3 Å². The van der Waals surface area contributed by atoms with Crippen LogP contribution in [0.15, 0.2) is 24.3 Å². The first kappa shape index (κ1) is 17.5. The van der Waals surface area contributed by atoms with E-state index in [1.807, 2.05) is 24.3 Å². The summed E-state index contributed by atoms with van der Waals surface area (Å²) >= 11 is 0. The Hall–Kier alpha value is -1.51. The van der Waals surface area contributed by atoms with E-state index in [-0.39, 0.29) is 5.91 Å². The Labute approximate surface area is 129 Å². The number of anilines is 1. The smallest absolute Gasteiger partial charge is 0.251 e. The maximum absolute atomic E-state index is 12.0. The maximum atomic E-state index is 12.0. The molecule has 0 unspecified atom stereocenters. The Morgan fingerprint density at radius 3 is 2.24 bits per heavy atom. The lowest BCUT2D eigenvalue weighted by molar-refractivity contribution is 0.0953. The first-order chi connectivity index (χ1) is 9.99. The monoisotopic (exact) mass is 290 g/mol. The van der Waals surface area contributed by atoms with Gasteiger partial charge in [-0.25, -0.2) is 0 Å². The van der Waals surface area contributed by atoms with Crippen molar-refractivity contribution in [3.63, 3.8) is 0 Å². The van der Waals surface area contributed by atoms with Gasteiger partial charge in [0, 0.05) is 23.8 Å². The Bertz CT molecular complexity index is 410. The number of carbonyl (C=O) groups is 1. The second kappa shape index (κ2) is 9.43. The summed E-state index contributed by atoms with van der Waals surface area (Å²) in [6.45, 7) is 9.46. The van der Waals surface area contributed by atoms with Gasteiger partial charge in [-0.1, -0.05) is 33.1 Å². The molecule has 3 heteroatoms. The minimum atomic E-state index is 0.0231. The van der Waals surface area contributed by atoms with E-state index in [0.717, 1.165) is 30.1 Å². The zero-order valence-electron chi connectivity index (χ0n) is 13.9. The fourth-order valence-electron chi connectivity index (χ4n) is 2.21. The molecule has 0 heterocycles. The topological polar surface area (TPSA) is 41.1 Å². The fraction of sp³-hybridized carbons (Fsp3) is 0.611. The predicted octanol–water partition coefficient (Wildman–Crippen LogP) is 4.45. The molecular formula is C18H30N2O. The molecule has 0 aliphatic heterocycles. The summed E-state index contributed by atoms with van der Waals surface area (Å²) in [6, 6.07) is 8.06. The van der Waals surface area contributed by atoms with E-state index in [0.29, 0.717) is 6.04 Å². The van der Waals surface area contributed by atoms with Gasteiger partial charge in [-0.2, -0.15) is 0 Å². The van der Waals surface area contributed by atoms with Crippen molar-refractivity contribution in [1.82, 2.24) is 5.32 Å². The van der Waals surface area contributed by atoms with Crippen molar-refractivity contribution in [2.75, 3.05) is 11.9 Å². The number of hydrogen-bond donors (Lipinski definition) is 2. The molecule has 0 aromatic heterocycles. The average molecular weight is 290 g/mol. The van der Waals surface area contributed by atoms with E-state index in [2.05, 4.69) is 38.3 Å². The molecule has 0 fully saturated rings. The lowest BCUT2D eigenvalue weighted by atomic mass is 10.1. The molecule has 1 amide bonds. The first-order valence-electron chi connectivity index (χ1n) is 8.14. The zero-order valence-corrected chi connectivity index (χ0v) is 13.9. The van der Waals surface area contributed by atoms with E-state index in [1.54, 1.807) is 0 Å². The minimum absolute atomic E-state index is 0.0231. The predicted molar refractivity (Wildman–Crippen MR) is 90.8 cm³/mol. The zero-order chi connectivity index (χ0) is 15.7. The normalized spacial score (nSPS) is 11.0. The lowest BCUT2D eigenvalue weighted by Crippen LogP contribution is -2.24. The van der Waals surface area contributed by atoms with Crippen LogP contribution in [0.4, 0.5) is 5.69 Å².